The van der Waals surface area contributed by atoms with E-state index >= 15 is 0 Å². The first-order valence-electron chi connectivity index (χ1n) is 7.51. The van der Waals surface area contributed by atoms with Crippen LogP contribution in [0.1, 0.15) is 67.3 Å². The van der Waals surface area contributed by atoms with Crippen molar-refractivity contribution in [1.82, 2.24) is 15.1 Å². The second-order valence-corrected chi connectivity index (χ2v) is 6.04. The number of aryl methyl sites for hydroxylation is 1. The van der Waals surface area contributed by atoms with E-state index in [1.165, 1.54) is 62.0 Å². The predicted molar refractivity (Wildman–Crippen MR) is 74.0 cm³/mol. The maximum absolute atomic E-state index is 4.86. The third-order valence-corrected chi connectivity index (χ3v) is 4.80. The molecule has 3 nitrogen and oxygen atoms in total. The van der Waals surface area contributed by atoms with Crippen LogP contribution in [0.4, 0.5) is 0 Å². The van der Waals surface area contributed by atoms with Crippen LogP contribution in [0.5, 0.6) is 0 Å². The summed E-state index contributed by atoms with van der Waals surface area (Å²) in [5, 5.41) is 8.36. The van der Waals surface area contributed by atoms with Crippen molar-refractivity contribution in [2.75, 3.05) is 13.1 Å². The lowest BCUT2D eigenvalue weighted by atomic mass is 9.91. The Morgan fingerprint density at radius 2 is 1.83 bits per heavy atom. The van der Waals surface area contributed by atoms with Gasteiger partial charge in [-0.15, -0.1) is 0 Å². The Morgan fingerprint density at radius 3 is 2.50 bits per heavy atom. The van der Waals surface area contributed by atoms with Crippen LogP contribution in [0.2, 0.25) is 0 Å². The van der Waals surface area contributed by atoms with Crippen LogP contribution in [0, 0.1) is 6.92 Å². The number of hydrogen-bond acceptors (Lipinski definition) is 2. The fourth-order valence-corrected chi connectivity index (χ4v) is 3.91. The van der Waals surface area contributed by atoms with Crippen molar-refractivity contribution < 1.29 is 0 Å². The molecule has 1 aromatic rings. The quantitative estimate of drug-likeness (QED) is 0.871. The van der Waals surface area contributed by atoms with Gasteiger partial charge < -0.3 is 5.32 Å². The van der Waals surface area contributed by atoms with E-state index in [0.29, 0.717) is 5.92 Å². The molecule has 1 N–H and O–H groups in total. The van der Waals surface area contributed by atoms with Gasteiger partial charge in [-0.25, -0.2) is 0 Å². The van der Waals surface area contributed by atoms with E-state index in [0.717, 1.165) is 12.5 Å². The Bertz CT molecular complexity index is 410. The van der Waals surface area contributed by atoms with E-state index in [-0.39, 0.29) is 0 Å². The minimum Gasteiger partial charge on any atom is -0.316 e. The minimum absolute atomic E-state index is 0.639. The molecule has 2 fully saturated rings. The van der Waals surface area contributed by atoms with Crippen LogP contribution < -0.4 is 5.32 Å². The highest BCUT2D eigenvalue weighted by molar-refractivity contribution is 5.31. The van der Waals surface area contributed by atoms with Crippen molar-refractivity contribution in [3.05, 3.63) is 17.0 Å². The normalized spacial score (nSPS) is 25.8. The largest absolute Gasteiger partial charge is 0.316 e. The molecule has 2 aliphatic rings. The lowest BCUT2D eigenvalue weighted by Crippen LogP contribution is -2.29. The smallest absolute Gasteiger partial charge is 0.0700 e. The fourth-order valence-electron chi connectivity index (χ4n) is 3.91. The van der Waals surface area contributed by atoms with Crippen molar-refractivity contribution in [2.24, 2.45) is 7.05 Å². The molecule has 0 amide bonds. The van der Waals surface area contributed by atoms with Crippen LogP contribution in [-0.4, -0.2) is 22.9 Å². The van der Waals surface area contributed by atoms with Gasteiger partial charge in [0.2, 0.25) is 0 Å². The molecule has 1 saturated heterocycles. The summed E-state index contributed by atoms with van der Waals surface area (Å²) in [6.45, 7) is 4.59. The molecule has 2 heterocycles. The van der Waals surface area contributed by atoms with Crippen LogP contribution >= 0.6 is 0 Å². The molecule has 1 aliphatic heterocycles. The van der Waals surface area contributed by atoms with E-state index in [9.17, 15) is 0 Å². The molecule has 0 aromatic carbocycles. The topological polar surface area (TPSA) is 29.9 Å². The summed E-state index contributed by atoms with van der Waals surface area (Å²) in [6, 6.07) is 0. The number of hydrogen-bond donors (Lipinski definition) is 1. The molecule has 0 radical (unpaired) electrons. The molecule has 1 saturated carbocycles. The maximum atomic E-state index is 4.86. The highest BCUT2D eigenvalue weighted by Gasteiger charge is 2.27. The van der Waals surface area contributed by atoms with Gasteiger partial charge in [0.25, 0.3) is 0 Å². The Hall–Kier alpha value is -0.830. The Morgan fingerprint density at radius 1 is 1.11 bits per heavy atom. The Labute approximate surface area is 110 Å². The second kappa shape index (κ2) is 5.04. The van der Waals surface area contributed by atoms with E-state index in [1.54, 1.807) is 0 Å². The fraction of sp³-hybridized carbons (Fsp3) is 0.800. The average molecular weight is 247 g/mol. The van der Waals surface area contributed by atoms with Gasteiger partial charge in [0.05, 0.1) is 5.69 Å². The molecule has 0 spiro atoms. The van der Waals surface area contributed by atoms with E-state index in [4.69, 9.17) is 5.10 Å². The molecule has 1 unspecified atom stereocenters. The summed E-state index contributed by atoms with van der Waals surface area (Å²) >= 11 is 0. The van der Waals surface area contributed by atoms with Crippen LogP contribution in [0.3, 0.4) is 0 Å². The van der Waals surface area contributed by atoms with Gasteiger partial charge in [-0.2, -0.15) is 5.10 Å². The molecule has 1 atom stereocenters. The summed E-state index contributed by atoms with van der Waals surface area (Å²) in [5.74, 6) is 1.41. The van der Waals surface area contributed by atoms with Gasteiger partial charge in [-0.05, 0) is 44.7 Å². The summed E-state index contributed by atoms with van der Waals surface area (Å²) in [5.41, 5.74) is 4.37. The number of rotatable bonds is 2. The number of piperidine rings is 1. The Kier molecular flexibility index (Phi) is 3.42. The van der Waals surface area contributed by atoms with Crippen molar-refractivity contribution >= 4 is 0 Å². The molecule has 3 rings (SSSR count). The van der Waals surface area contributed by atoms with E-state index in [2.05, 4.69) is 24.0 Å². The van der Waals surface area contributed by atoms with E-state index < -0.39 is 0 Å². The lowest BCUT2D eigenvalue weighted by molar-refractivity contribution is 0.450. The van der Waals surface area contributed by atoms with Gasteiger partial charge >= 0.3 is 0 Å². The molecular formula is C15H25N3. The summed E-state index contributed by atoms with van der Waals surface area (Å²) < 4.78 is 2.18. The van der Waals surface area contributed by atoms with Crippen molar-refractivity contribution in [2.45, 2.75) is 57.3 Å². The maximum Gasteiger partial charge on any atom is 0.0700 e. The summed E-state index contributed by atoms with van der Waals surface area (Å²) in [4.78, 5) is 0. The van der Waals surface area contributed by atoms with Gasteiger partial charge in [-0.1, -0.05) is 12.8 Å². The first-order valence-corrected chi connectivity index (χ1v) is 7.51. The zero-order valence-electron chi connectivity index (χ0n) is 11.7. The second-order valence-electron chi connectivity index (χ2n) is 6.04. The van der Waals surface area contributed by atoms with Crippen molar-refractivity contribution in [3.63, 3.8) is 0 Å². The van der Waals surface area contributed by atoms with Gasteiger partial charge in [0.1, 0.15) is 0 Å². The molecular weight excluding hydrogens is 222 g/mol. The SMILES string of the molecule is Cc1c(C2CCCNC2)nn(C)c1C1CCCC1. The first-order chi connectivity index (χ1) is 8.77. The lowest BCUT2D eigenvalue weighted by Gasteiger charge is -2.21. The molecule has 1 aromatic heterocycles. The van der Waals surface area contributed by atoms with Crippen LogP contribution in [0.25, 0.3) is 0 Å². The molecule has 0 bridgehead atoms. The number of aromatic nitrogens is 2. The number of nitrogens with zero attached hydrogens (tertiary/aromatic N) is 2. The third kappa shape index (κ3) is 2.09. The molecule has 100 valence electrons. The van der Waals surface area contributed by atoms with Gasteiger partial charge in [0, 0.05) is 31.1 Å². The van der Waals surface area contributed by atoms with Crippen molar-refractivity contribution in [3.8, 4) is 0 Å². The Balaban J connectivity index is 1.89. The van der Waals surface area contributed by atoms with Gasteiger partial charge in [-0.3, -0.25) is 4.68 Å². The highest BCUT2D eigenvalue weighted by atomic mass is 15.3. The molecule has 3 heteroatoms. The highest BCUT2D eigenvalue weighted by Crippen LogP contribution is 2.38. The first kappa shape index (κ1) is 12.2. The minimum atomic E-state index is 0.639. The molecule has 18 heavy (non-hydrogen) atoms. The predicted octanol–water partition coefficient (Wildman–Crippen LogP) is 2.85. The van der Waals surface area contributed by atoms with Gasteiger partial charge in [0.15, 0.2) is 0 Å². The third-order valence-electron chi connectivity index (χ3n) is 4.80. The zero-order chi connectivity index (χ0) is 12.5. The summed E-state index contributed by atoms with van der Waals surface area (Å²) in [7, 11) is 2.14. The van der Waals surface area contributed by atoms with Crippen LogP contribution in [-0.2, 0) is 7.05 Å². The monoisotopic (exact) mass is 247 g/mol. The zero-order valence-corrected chi connectivity index (χ0v) is 11.7. The number of nitrogens with one attached hydrogen (secondary N) is 1. The van der Waals surface area contributed by atoms with Crippen LogP contribution in [0.15, 0.2) is 0 Å². The average Bonchev–Trinajstić information content (AvgIpc) is 2.99. The standard InChI is InChI=1S/C15H25N3/c1-11-14(13-8-5-9-16-10-13)17-18(2)15(11)12-6-3-4-7-12/h12-13,16H,3-10H2,1-2H3. The summed E-state index contributed by atoms with van der Waals surface area (Å²) in [6.07, 6.45) is 8.12. The van der Waals surface area contributed by atoms with E-state index in [1.807, 2.05) is 0 Å². The molecule has 1 aliphatic carbocycles. The van der Waals surface area contributed by atoms with Crippen molar-refractivity contribution in [1.29, 1.82) is 0 Å².